The number of nitriles is 1. The Morgan fingerprint density at radius 3 is 2.26 bits per heavy atom. The number of carbonyl (C=O) groups excluding carboxylic acids is 1. The van der Waals surface area contributed by atoms with Gasteiger partial charge in [0, 0.05) is 0 Å². The molecule has 0 fully saturated rings. The van der Waals surface area contributed by atoms with Crippen molar-refractivity contribution in [3.05, 3.63) is 83.7 Å². The number of halogens is 1. The Bertz CT molecular complexity index is 1010. The molecule has 0 radical (unpaired) electrons. The SMILES string of the molecule is C[C@H](C#N)c1ccc(OC(=O)c2ccc(-c3ccc(O)cc3)cc2F)cc1. The highest BCUT2D eigenvalue weighted by Gasteiger charge is 2.15. The minimum absolute atomic E-state index is 0.120. The number of nitrogens with zero attached hydrogens (tertiary/aromatic N) is 1. The van der Waals surface area contributed by atoms with E-state index in [1.807, 2.05) is 0 Å². The molecule has 3 aromatic carbocycles. The van der Waals surface area contributed by atoms with Crippen molar-refractivity contribution in [3.8, 4) is 28.7 Å². The number of hydrogen-bond donors (Lipinski definition) is 1. The fourth-order valence-electron chi connectivity index (χ4n) is 2.58. The minimum atomic E-state index is -0.800. The van der Waals surface area contributed by atoms with Gasteiger partial charge < -0.3 is 9.84 Å². The van der Waals surface area contributed by atoms with Crippen LogP contribution in [0.25, 0.3) is 11.1 Å². The van der Waals surface area contributed by atoms with Gasteiger partial charge in [-0.05, 0) is 60.0 Å². The number of benzene rings is 3. The van der Waals surface area contributed by atoms with Gasteiger partial charge in [-0.25, -0.2) is 9.18 Å². The second-order valence-electron chi connectivity index (χ2n) is 6.05. The first-order chi connectivity index (χ1) is 13.0. The highest BCUT2D eigenvalue weighted by atomic mass is 19.1. The molecule has 134 valence electrons. The number of aromatic hydroxyl groups is 1. The zero-order valence-corrected chi connectivity index (χ0v) is 14.5. The maximum atomic E-state index is 14.4. The zero-order valence-electron chi connectivity index (χ0n) is 14.5. The number of phenols is 1. The van der Waals surface area contributed by atoms with Crippen molar-refractivity contribution in [1.29, 1.82) is 5.26 Å². The molecule has 0 amide bonds. The third kappa shape index (κ3) is 4.13. The number of rotatable bonds is 4. The summed E-state index contributed by atoms with van der Waals surface area (Å²) < 4.78 is 19.6. The van der Waals surface area contributed by atoms with E-state index in [1.54, 1.807) is 49.4 Å². The van der Waals surface area contributed by atoms with Gasteiger partial charge in [0.1, 0.15) is 17.3 Å². The third-order valence-corrected chi connectivity index (χ3v) is 4.17. The van der Waals surface area contributed by atoms with Gasteiger partial charge in [0.05, 0.1) is 17.6 Å². The van der Waals surface area contributed by atoms with Crippen LogP contribution >= 0.6 is 0 Å². The van der Waals surface area contributed by atoms with Crippen molar-refractivity contribution in [3.63, 3.8) is 0 Å². The highest BCUT2D eigenvalue weighted by Crippen LogP contribution is 2.25. The van der Waals surface area contributed by atoms with Gasteiger partial charge >= 0.3 is 5.97 Å². The molecule has 3 rings (SSSR count). The molecular weight excluding hydrogens is 345 g/mol. The second kappa shape index (κ2) is 7.71. The van der Waals surface area contributed by atoms with Gasteiger partial charge in [-0.1, -0.05) is 30.3 Å². The van der Waals surface area contributed by atoms with E-state index in [0.29, 0.717) is 11.1 Å². The molecular formula is C22H16FNO3. The summed E-state index contributed by atoms with van der Waals surface area (Å²) in [4.78, 5) is 12.3. The van der Waals surface area contributed by atoms with Gasteiger partial charge in [0.25, 0.3) is 0 Å². The number of esters is 1. The molecule has 27 heavy (non-hydrogen) atoms. The predicted molar refractivity (Wildman–Crippen MR) is 98.9 cm³/mol. The maximum absolute atomic E-state index is 14.4. The molecule has 1 atom stereocenters. The van der Waals surface area contributed by atoms with Crippen LogP contribution in [0.3, 0.4) is 0 Å². The van der Waals surface area contributed by atoms with Gasteiger partial charge in [-0.2, -0.15) is 5.26 Å². The summed E-state index contributed by atoms with van der Waals surface area (Å²) in [5, 5.41) is 18.2. The Hall–Kier alpha value is -3.65. The zero-order chi connectivity index (χ0) is 19.4. The van der Waals surface area contributed by atoms with Crippen LogP contribution in [0.2, 0.25) is 0 Å². The van der Waals surface area contributed by atoms with Crippen molar-refractivity contribution in [2.45, 2.75) is 12.8 Å². The lowest BCUT2D eigenvalue weighted by Gasteiger charge is -2.08. The summed E-state index contributed by atoms with van der Waals surface area (Å²) in [5.41, 5.74) is 1.93. The predicted octanol–water partition coefficient (Wildman–Crippen LogP) is 5.04. The van der Waals surface area contributed by atoms with E-state index in [0.717, 1.165) is 5.56 Å². The normalized spacial score (nSPS) is 11.4. The van der Waals surface area contributed by atoms with Crippen molar-refractivity contribution in [2.24, 2.45) is 0 Å². The number of hydrogen-bond acceptors (Lipinski definition) is 4. The summed E-state index contributed by atoms with van der Waals surface area (Å²) in [5.74, 6) is -1.36. The summed E-state index contributed by atoms with van der Waals surface area (Å²) >= 11 is 0. The first-order valence-corrected chi connectivity index (χ1v) is 8.28. The molecule has 0 heterocycles. The van der Waals surface area contributed by atoms with Crippen molar-refractivity contribution in [1.82, 2.24) is 0 Å². The first kappa shape index (κ1) is 18.2. The van der Waals surface area contributed by atoms with E-state index in [4.69, 9.17) is 10.00 Å². The molecule has 0 aromatic heterocycles. The second-order valence-corrected chi connectivity index (χ2v) is 6.05. The van der Waals surface area contributed by atoms with E-state index < -0.39 is 11.8 Å². The largest absolute Gasteiger partial charge is 0.508 e. The molecule has 3 aromatic rings. The molecule has 1 N–H and O–H groups in total. The Labute approximate surface area is 156 Å². The van der Waals surface area contributed by atoms with Crippen LogP contribution in [-0.2, 0) is 0 Å². The van der Waals surface area contributed by atoms with E-state index in [1.165, 1.54) is 24.3 Å². The van der Waals surface area contributed by atoms with Crippen LogP contribution < -0.4 is 4.74 Å². The maximum Gasteiger partial charge on any atom is 0.346 e. The molecule has 0 spiro atoms. The Morgan fingerprint density at radius 2 is 1.67 bits per heavy atom. The Morgan fingerprint density at radius 1 is 1.04 bits per heavy atom. The van der Waals surface area contributed by atoms with Crippen LogP contribution in [-0.4, -0.2) is 11.1 Å². The topological polar surface area (TPSA) is 70.3 Å². The van der Waals surface area contributed by atoms with Crippen molar-refractivity contribution >= 4 is 5.97 Å². The molecule has 0 bridgehead atoms. The molecule has 0 unspecified atom stereocenters. The molecule has 0 saturated carbocycles. The molecule has 5 heteroatoms. The molecule has 0 aliphatic rings. The van der Waals surface area contributed by atoms with E-state index in [-0.39, 0.29) is 23.0 Å². The highest BCUT2D eigenvalue weighted by molar-refractivity contribution is 5.92. The van der Waals surface area contributed by atoms with Crippen LogP contribution in [0.5, 0.6) is 11.5 Å². The van der Waals surface area contributed by atoms with Gasteiger partial charge in [0.15, 0.2) is 0 Å². The number of carbonyl (C=O) groups is 1. The summed E-state index contributed by atoms with van der Waals surface area (Å²) in [6, 6.07) is 19.2. The number of ether oxygens (including phenoxy) is 1. The van der Waals surface area contributed by atoms with Crippen LogP contribution in [0.4, 0.5) is 4.39 Å². The summed E-state index contributed by atoms with van der Waals surface area (Å²) in [6.45, 7) is 1.77. The van der Waals surface area contributed by atoms with Gasteiger partial charge in [0.2, 0.25) is 0 Å². The Balaban J connectivity index is 1.77. The fraction of sp³-hybridized carbons (Fsp3) is 0.0909. The molecule has 0 saturated heterocycles. The van der Waals surface area contributed by atoms with E-state index in [9.17, 15) is 14.3 Å². The van der Waals surface area contributed by atoms with E-state index in [2.05, 4.69) is 6.07 Å². The molecule has 0 aliphatic carbocycles. The van der Waals surface area contributed by atoms with Crippen LogP contribution in [0, 0.1) is 17.1 Å². The lowest BCUT2D eigenvalue weighted by Crippen LogP contribution is -2.10. The lowest BCUT2D eigenvalue weighted by molar-refractivity contribution is 0.0730. The first-order valence-electron chi connectivity index (χ1n) is 8.28. The van der Waals surface area contributed by atoms with Crippen LogP contribution in [0.1, 0.15) is 28.8 Å². The lowest BCUT2D eigenvalue weighted by atomic mass is 10.0. The average Bonchev–Trinajstić information content (AvgIpc) is 2.68. The molecule has 0 aliphatic heterocycles. The summed E-state index contributed by atoms with van der Waals surface area (Å²) in [7, 11) is 0. The van der Waals surface area contributed by atoms with Crippen LogP contribution in [0.15, 0.2) is 66.7 Å². The quantitative estimate of drug-likeness (QED) is 0.522. The summed E-state index contributed by atoms with van der Waals surface area (Å²) in [6.07, 6.45) is 0. The van der Waals surface area contributed by atoms with Crippen molar-refractivity contribution < 1.29 is 19.0 Å². The standard InChI is InChI=1S/C22H16FNO3/c1-14(13-24)15-4-9-19(10-5-15)27-22(26)20-11-6-17(12-21(20)23)16-2-7-18(25)8-3-16/h2-12,14,25H,1H3/t14-/m1/s1. The smallest absolute Gasteiger partial charge is 0.346 e. The van der Waals surface area contributed by atoms with Crippen molar-refractivity contribution in [2.75, 3.05) is 0 Å². The average molecular weight is 361 g/mol. The van der Waals surface area contributed by atoms with Gasteiger partial charge in [-0.3, -0.25) is 0 Å². The minimum Gasteiger partial charge on any atom is -0.508 e. The Kier molecular flexibility index (Phi) is 5.18. The monoisotopic (exact) mass is 361 g/mol. The van der Waals surface area contributed by atoms with E-state index >= 15 is 0 Å². The molecule has 4 nitrogen and oxygen atoms in total. The number of phenolic OH excluding ortho intramolecular Hbond substituents is 1. The fourth-order valence-corrected chi connectivity index (χ4v) is 2.58. The van der Waals surface area contributed by atoms with Gasteiger partial charge in [-0.15, -0.1) is 0 Å². The third-order valence-electron chi connectivity index (χ3n) is 4.17.